The number of carbonyl (C=O) groups is 2. The van der Waals surface area contributed by atoms with Crippen LogP contribution in [-0.2, 0) is 14.3 Å². The van der Waals surface area contributed by atoms with Gasteiger partial charge in [-0.25, -0.2) is 4.79 Å². The molecule has 6 heteroatoms. The average Bonchev–Trinajstić information content (AvgIpc) is 2.80. The molecule has 0 spiro atoms. The van der Waals surface area contributed by atoms with Gasteiger partial charge in [-0.2, -0.15) is 0 Å². The quantitative estimate of drug-likeness (QED) is 0.345. The van der Waals surface area contributed by atoms with E-state index >= 15 is 0 Å². The zero-order valence-corrected chi connectivity index (χ0v) is 23.2. The van der Waals surface area contributed by atoms with E-state index in [2.05, 4.69) is 26.8 Å². The zero-order valence-electron chi connectivity index (χ0n) is 23.2. The van der Waals surface area contributed by atoms with Crippen LogP contribution in [0.1, 0.15) is 92.9 Å². The first kappa shape index (κ1) is 32.3. The second kappa shape index (κ2) is 16.9. The molecule has 1 aliphatic heterocycles. The molecule has 1 aliphatic rings. The Kier molecular flexibility index (Phi) is 15.1. The third-order valence-electron chi connectivity index (χ3n) is 7.33. The van der Waals surface area contributed by atoms with Gasteiger partial charge in [-0.1, -0.05) is 64.5 Å². The topological polar surface area (TPSA) is 104 Å². The van der Waals surface area contributed by atoms with Crippen molar-refractivity contribution in [3.63, 3.8) is 0 Å². The molecule has 1 heterocycles. The lowest BCUT2D eigenvalue weighted by molar-refractivity contribution is -0.146. The smallest absolute Gasteiger partial charge is 0.331 e. The zero-order chi connectivity index (χ0) is 27.3. The van der Waals surface area contributed by atoms with Crippen LogP contribution >= 0.6 is 0 Å². The van der Waals surface area contributed by atoms with Crippen LogP contribution < -0.4 is 0 Å². The summed E-state index contributed by atoms with van der Waals surface area (Å²) in [4.78, 5) is 24.2. The summed E-state index contributed by atoms with van der Waals surface area (Å²) >= 11 is 0. The van der Waals surface area contributed by atoms with Gasteiger partial charge in [0.15, 0.2) is 0 Å². The summed E-state index contributed by atoms with van der Waals surface area (Å²) in [7, 11) is 0. The van der Waals surface area contributed by atoms with E-state index in [1.807, 2.05) is 20.8 Å². The molecular weight excluding hydrogens is 456 g/mol. The molecule has 3 N–H and O–H groups in total. The number of allylic oxidation sites excluding steroid dienone is 4. The van der Waals surface area contributed by atoms with Crippen molar-refractivity contribution in [3.05, 3.63) is 36.0 Å². The Morgan fingerprint density at radius 3 is 2.42 bits per heavy atom. The number of rotatable bonds is 5. The molecule has 8 unspecified atom stereocenters. The standard InChI is InChI=1S/C30H50O6/c1-7-25(31)13-11-14-28-22(4)17-20(2)16-21(3)18-23(5)30(35)24(6)27(33)19-26(32)12-9-8-10-15-29(34)36-28/h8-10,15-16,20,22-24,26-28,30,32-33,35H,7,11-14,17-19H2,1-6H3. The number of ketones is 1. The number of hydrogen-bond acceptors (Lipinski definition) is 6. The third kappa shape index (κ3) is 12.5. The highest BCUT2D eigenvalue weighted by Crippen LogP contribution is 2.27. The minimum absolute atomic E-state index is 0.0342. The van der Waals surface area contributed by atoms with Gasteiger partial charge < -0.3 is 20.1 Å². The van der Waals surface area contributed by atoms with Crippen LogP contribution in [0.4, 0.5) is 0 Å². The first-order valence-electron chi connectivity index (χ1n) is 13.7. The van der Waals surface area contributed by atoms with Crippen molar-refractivity contribution in [1.82, 2.24) is 0 Å². The summed E-state index contributed by atoms with van der Waals surface area (Å²) in [5.74, 6) is -0.215. The number of hydrogen-bond donors (Lipinski definition) is 3. The van der Waals surface area contributed by atoms with Crippen LogP contribution in [-0.4, -0.2) is 51.5 Å². The van der Waals surface area contributed by atoms with Crippen molar-refractivity contribution in [2.24, 2.45) is 23.7 Å². The van der Waals surface area contributed by atoms with Crippen molar-refractivity contribution in [2.45, 2.75) is 117 Å². The molecule has 206 valence electrons. The molecule has 0 aromatic heterocycles. The number of cyclic esters (lactones) is 1. The molecule has 6 nitrogen and oxygen atoms in total. The molecule has 0 amide bonds. The second-order valence-electron chi connectivity index (χ2n) is 11.0. The van der Waals surface area contributed by atoms with Crippen LogP contribution in [0.15, 0.2) is 36.0 Å². The Bertz CT molecular complexity index is 755. The number of aliphatic hydroxyl groups excluding tert-OH is 3. The number of ether oxygens (including phenoxy) is 1. The fraction of sp³-hybridized carbons (Fsp3) is 0.733. The van der Waals surface area contributed by atoms with Crippen molar-refractivity contribution in [3.8, 4) is 0 Å². The van der Waals surface area contributed by atoms with E-state index in [-0.39, 0.29) is 42.0 Å². The van der Waals surface area contributed by atoms with E-state index in [9.17, 15) is 24.9 Å². The van der Waals surface area contributed by atoms with Crippen LogP contribution in [0.25, 0.3) is 0 Å². The summed E-state index contributed by atoms with van der Waals surface area (Å²) in [6, 6.07) is 0. The highest BCUT2D eigenvalue weighted by atomic mass is 16.5. The summed E-state index contributed by atoms with van der Waals surface area (Å²) in [5.41, 5.74) is 1.17. The Hall–Kier alpha value is -1.76. The van der Waals surface area contributed by atoms with Gasteiger partial charge in [0.25, 0.3) is 0 Å². The highest BCUT2D eigenvalue weighted by Gasteiger charge is 2.29. The minimum atomic E-state index is -0.810. The Labute approximate surface area is 218 Å². The lowest BCUT2D eigenvalue weighted by atomic mass is 9.83. The first-order valence-corrected chi connectivity index (χ1v) is 13.7. The molecule has 0 saturated heterocycles. The Balaban J connectivity index is 3.07. The van der Waals surface area contributed by atoms with E-state index in [1.54, 1.807) is 18.2 Å². The van der Waals surface area contributed by atoms with E-state index in [4.69, 9.17) is 4.74 Å². The predicted molar refractivity (Wildman–Crippen MR) is 144 cm³/mol. The van der Waals surface area contributed by atoms with E-state index in [0.717, 1.165) is 6.42 Å². The monoisotopic (exact) mass is 506 g/mol. The van der Waals surface area contributed by atoms with Crippen LogP contribution in [0.5, 0.6) is 0 Å². The van der Waals surface area contributed by atoms with Crippen LogP contribution in [0.3, 0.4) is 0 Å². The minimum Gasteiger partial charge on any atom is -0.459 e. The van der Waals surface area contributed by atoms with Gasteiger partial charge in [-0.3, -0.25) is 4.79 Å². The lowest BCUT2D eigenvalue weighted by Crippen LogP contribution is -2.36. The van der Waals surface area contributed by atoms with Gasteiger partial charge in [0.2, 0.25) is 0 Å². The fourth-order valence-electron chi connectivity index (χ4n) is 5.10. The van der Waals surface area contributed by atoms with E-state index in [0.29, 0.717) is 38.5 Å². The number of aliphatic hydroxyl groups is 3. The number of carbonyl (C=O) groups excluding carboxylic acids is 2. The summed E-state index contributed by atoms with van der Waals surface area (Å²) in [6.45, 7) is 12.0. The highest BCUT2D eigenvalue weighted by molar-refractivity contribution is 5.82. The SMILES string of the molecule is CCC(=O)CCCC1OC(=O)C=CC=CCC(O)CC(O)C(C)C(O)C(C)CC(C)=CC(C)CC1C. The van der Waals surface area contributed by atoms with Crippen molar-refractivity contribution in [1.29, 1.82) is 0 Å². The van der Waals surface area contributed by atoms with Crippen molar-refractivity contribution in [2.75, 3.05) is 0 Å². The van der Waals surface area contributed by atoms with Crippen molar-refractivity contribution < 1.29 is 29.6 Å². The van der Waals surface area contributed by atoms with E-state index < -0.39 is 24.3 Å². The Morgan fingerprint density at radius 1 is 1.06 bits per heavy atom. The van der Waals surface area contributed by atoms with Crippen LogP contribution in [0.2, 0.25) is 0 Å². The maximum atomic E-state index is 12.5. The summed E-state index contributed by atoms with van der Waals surface area (Å²) in [6.07, 6.45) is 10.5. The molecule has 0 aromatic carbocycles. The molecule has 1 rings (SSSR count). The maximum Gasteiger partial charge on any atom is 0.331 e. The van der Waals surface area contributed by atoms with E-state index in [1.165, 1.54) is 11.6 Å². The molecule has 0 saturated carbocycles. The van der Waals surface area contributed by atoms with Gasteiger partial charge in [-0.15, -0.1) is 0 Å². The largest absolute Gasteiger partial charge is 0.459 e. The van der Waals surface area contributed by atoms with Crippen molar-refractivity contribution >= 4 is 11.8 Å². The Morgan fingerprint density at radius 2 is 1.75 bits per heavy atom. The molecule has 0 fully saturated rings. The summed E-state index contributed by atoms with van der Waals surface area (Å²) < 4.78 is 5.81. The van der Waals surface area contributed by atoms with Gasteiger partial charge in [-0.05, 0) is 63.2 Å². The molecule has 0 aliphatic carbocycles. The van der Waals surface area contributed by atoms with Crippen LogP contribution in [0, 0.1) is 23.7 Å². The first-order chi connectivity index (χ1) is 16.9. The molecule has 0 aromatic rings. The van der Waals surface area contributed by atoms with Gasteiger partial charge in [0.05, 0.1) is 18.3 Å². The molecule has 36 heavy (non-hydrogen) atoms. The molecule has 8 atom stereocenters. The summed E-state index contributed by atoms with van der Waals surface area (Å²) in [5, 5.41) is 31.7. The molecular formula is C30H50O6. The predicted octanol–water partition coefficient (Wildman–Crippen LogP) is 5.31. The number of Topliss-reactive ketones (excluding diaryl/α,β-unsaturated/α-hetero) is 1. The molecule has 0 bridgehead atoms. The van der Waals surface area contributed by atoms with Gasteiger partial charge in [0.1, 0.15) is 11.9 Å². The van der Waals surface area contributed by atoms with Gasteiger partial charge in [0, 0.05) is 24.8 Å². The normalized spacial score (nSPS) is 34.0. The second-order valence-corrected chi connectivity index (χ2v) is 11.0. The average molecular weight is 507 g/mol. The van der Waals surface area contributed by atoms with Gasteiger partial charge >= 0.3 is 5.97 Å². The third-order valence-corrected chi connectivity index (χ3v) is 7.33. The number of esters is 1. The molecule has 0 radical (unpaired) electrons. The fourth-order valence-corrected chi connectivity index (χ4v) is 5.10. The lowest BCUT2D eigenvalue weighted by Gasteiger charge is -2.30. The maximum absolute atomic E-state index is 12.5.